The van der Waals surface area contributed by atoms with Gasteiger partial charge < -0.3 is 10.1 Å². The lowest BCUT2D eigenvalue weighted by Crippen LogP contribution is -2.23. The largest absolute Gasteiger partial charge is 0.452 e. The zero-order valence-corrected chi connectivity index (χ0v) is 9.04. The molecule has 0 aliphatic rings. The lowest BCUT2D eigenvalue weighted by molar-refractivity contribution is -0.142. The third-order valence-corrected chi connectivity index (χ3v) is 1.67. The van der Waals surface area contributed by atoms with E-state index in [1.165, 1.54) is 0 Å². The molecule has 0 fully saturated rings. The number of hydrogen-bond donors (Lipinski definition) is 1. The molecule has 0 saturated carbocycles. The van der Waals surface area contributed by atoms with Crippen molar-refractivity contribution in [3.05, 3.63) is 0 Å². The molecular formula is C11H17NO3. The highest BCUT2D eigenvalue weighted by Crippen LogP contribution is 1.97. The molecule has 0 aromatic heterocycles. The van der Waals surface area contributed by atoms with Crippen molar-refractivity contribution in [2.24, 2.45) is 0 Å². The molecule has 1 N–H and O–H groups in total. The Labute approximate surface area is 90.4 Å². The van der Waals surface area contributed by atoms with Gasteiger partial charge in [0.25, 0.3) is 0 Å². The van der Waals surface area contributed by atoms with Crippen LogP contribution in [-0.2, 0) is 14.3 Å². The molecule has 0 rings (SSSR count). The van der Waals surface area contributed by atoms with Crippen molar-refractivity contribution in [2.45, 2.75) is 32.6 Å². The molecule has 4 nitrogen and oxygen atoms in total. The van der Waals surface area contributed by atoms with Gasteiger partial charge in [0.1, 0.15) is 0 Å². The van der Waals surface area contributed by atoms with Gasteiger partial charge in [-0.25, -0.2) is 0 Å². The van der Waals surface area contributed by atoms with E-state index in [0.717, 1.165) is 6.42 Å². The summed E-state index contributed by atoms with van der Waals surface area (Å²) >= 11 is 0. The molecule has 1 amide bonds. The molecular weight excluding hydrogens is 194 g/mol. The minimum absolute atomic E-state index is 0.000858. The number of nitrogens with one attached hydrogen (secondary N) is 1. The predicted octanol–water partition coefficient (Wildman–Crippen LogP) is 0.859. The number of carbonyl (C=O) groups excluding carboxylic acids is 2. The van der Waals surface area contributed by atoms with Gasteiger partial charge in [0, 0.05) is 19.4 Å². The maximum Gasteiger partial charge on any atom is 0.306 e. The Balaban J connectivity index is 3.40. The van der Waals surface area contributed by atoms with Gasteiger partial charge in [-0.05, 0) is 12.8 Å². The molecule has 0 radical (unpaired) electrons. The fraction of sp³-hybridized carbons (Fsp3) is 0.636. The first-order valence-electron chi connectivity index (χ1n) is 5.06. The van der Waals surface area contributed by atoms with Gasteiger partial charge in [0.05, 0.1) is 0 Å². The van der Waals surface area contributed by atoms with Crippen LogP contribution in [0.3, 0.4) is 0 Å². The molecule has 4 heteroatoms. The second-order valence-electron chi connectivity index (χ2n) is 3.07. The van der Waals surface area contributed by atoms with Gasteiger partial charge in [-0.2, -0.15) is 0 Å². The molecule has 0 aliphatic heterocycles. The molecule has 0 bridgehead atoms. The van der Waals surface area contributed by atoms with Crippen molar-refractivity contribution >= 4 is 11.9 Å². The van der Waals surface area contributed by atoms with Crippen LogP contribution in [0.5, 0.6) is 0 Å². The van der Waals surface area contributed by atoms with Gasteiger partial charge >= 0.3 is 5.97 Å². The van der Waals surface area contributed by atoms with Crippen molar-refractivity contribution in [2.75, 3.05) is 13.2 Å². The molecule has 0 heterocycles. The van der Waals surface area contributed by atoms with Crippen LogP contribution in [0.4, 0.5) is 0 Å². The number of esters is 1. The molecule has 0 aromatic rings. The van der Waals surface area contributed by atoms with Crippen LogP contribution >= 0.6 is 0 Å². The highest BCUT2D eigenvalue weighted by molar-refractivity contribution is 5.76. The second kappa shape index (κ2) is 9.07. The van der Waals surface area contributed by atoms with E-state index in [-0.39, 0.29) is 24.9 Å². The summed E-state index contributed by atoms with van der Waals surface area (Å²) in [6.07, 6.45) is 6.92. The van der Waals surface area contributed by atoms with Crippen LogP contribution in [0.15, 0.2) is 0 Å². The molecule has 0 aliphatic carbocycles. The lowest BCUT2D eigenvalue weighted by atomic mass is 10.2. The summed E-state index contributed by atoms with van der Waals surface area (Å²) < 4.78 is 4.65. The van der Waals surface area contributed by atoms with E-state index in [2.05, 4.69) is 16.0 Å². The average molecular weight is 211 g/mol. The summed E-state index contributed by atoms with van der Waals surface area (Å²) in [6.45, 7) is 2.67. The smallest absolute Gasteiger partial charge is 0.306 e. The van der Waals surface area contributed by atoms with Crippen molar-refractivity contribution in [1.29, 1.82) is 0 Å². The fourth-order valence-corrected chi connectivity index (χ4v) is 0.940. The number of ether oxygens (including phenoxy) is 1. The summed E-state index contributed by atoms with van der Waals surface area (Å²) in [5, 5.41) is 2.73. The predicted molar refractivity (Wildman–Crippen MR) is 56.9 cm³/mol. The first-order chi connectivity index (χ1) is 7.20. The van der Waals surface area contributed by atoms with Crippen molar-refractivity contribution < 1.29 is 14.3 Å². The maximum atomic E-state index is 11.1. The van der Waals surface area contributed by atoms with Crippen LogP contribution < -0.4 is 5.32 Å². The number of hydrogen-bond acceptors (Lipinski definition) is 3. The zero-order chi connectivity index (χ0) is 11.5. The van der Waals surface area contributed by atoms with Crippen LogP contribution in [-0.4, -0.2) is 25.0 Å². The Bertz CT molecular complexity index is 243. The minimum Gasteiger partial charge on any atom is -0.452 e. The van der Waals surface area contributed by atoms with E-state index >= 15 is 0 Å². The summed E-state index contributed by atoms with van der Waals surface area (Å²) in [6, 6.07) is 0. The quantitative estimate of drug-likeness (QED) is 0.502. The molecule has 0 saturated heterocycles. The SMILES string of the molecule is C#CCOC(=O)CCCC(=O)NCCC. The standard InChI is InChI=1S/C11H17NO3/c1-3-8-12-10(13)6-5-7-11(14)15-9-4-2/h2H,3,5-9H2,1H3,(H,12,13). The van der Waals surface area contributed by atoms with E-state index < -0.39 is 0 Å². The van der Waals surface area contributed by atoms with Gasteiger partial charge in [-0.15, -0.1) is 6.42 Å². The normalized spacial score (nSPS) is 9.07. The van der Waals surface area contributed by atoms with E-state index in [1.54, 1.807) is 0 Å². The van der Waals surface area contributed by atoms with Gasteiger partial charge in [-0.3, -0.25) is 9.59 Å². The monoisotopic (exact) mass is 211 g/mol. The summed E-state index contributed by atoms with van der Waals surface area (Å²) in [5.74, 6) is 1.83. The zero-order valence-electron chi connectivity index (χ0n) is 9.04. The molecule has 84 valence electrons. The Morgan fingerprint density at radius 1 is 1.40 bits per heavy atom. The Morgan fingerprint density at radius 3 is 2.73 bits per heavy atom. The maximum absolute atomic E-state index is 11.1. The van der Waals surface area contributed by atoms with E-state index in [0.29, 0.717) is 19.4 Å². The van der Waals surface area contributed by atoms with Crippen LogP contribution in [0.1, 0.15) is 32.6 Å². The Morgan fingerprint density at radius 2 is 2.13 bits per heavy atom. The third-order valence-electron chi connectivity index (χ3n) is 1.67. The van der Waals surface area contributed by atoms with Crippen molar-refractivity contribution in [3.63, 3.8) is 0 Å². The summed E-state index contributed by atoms with van der Waals surface area (Å²) in [4.78, 5) is 22.0. The van der Waals surface area contributed by atoms with Gasteiger partial charge in [-0.1, -0.05) is 12.8 Å². The van der Waals surface area contributed by atoms with E-state index in [1.807, 2.05) is 6.92 Å². The minimum atomic E-state index is -0.351. The van der Waals surface area contributed by atoms with E-state index in [9.17, 15) is 9.59 Å². The number of rotatable bonds is 7. The highest BCUT2D eigenvalue weighted by Gasteiger charge is 2.04. The second-order valence-corrected chi connectivity index (χ2v) is 3.07. The van der Waals surface area contributed by atoms with Crippen LogP contribution in [0.25, 0.3) is 0 Å². The van der Waals surface area contributed by atoms with Crippen molar-refractivity contribution in [1.82, 2.24) is 5.32 Å². The van der Waals surface area contributed by atoms with Gasteiger partial charge in [0.2, 0.25) is 5.91 Å². The molecule has 0 aromatic carbocycles. The average Bonchev–Trinajstić information content (AvgIpc) is 2.23. The number of carbonyl (C=O) groups is 2. The molecule has 0 unspecified atom stereocenters. The fourth-order valence-electron chi connectivity index (χ4n) is 0.940. The lowest BCUT2D eigenvalue weighted by Gasteiger charge is -2.03. The van der Waals surface area contributed by atoms with Crippen LogP contribution in [0, 0.1) is 12.3 Å². The molecule has 15 heavy (non-hydrogen) atoms. The Hall–Kier alpha value is -1.50. The third kappa shape index (κ3) is 8.82. The Kier molecular flexibility index (Phi) is 8.16. The summed E-state index contributed by atoms with van der Waals surface area (Å²) in [7, 11) is 0. The first-order valence-corrected chi connectivity index (χ1v) is 5.06. The topological polar surface area (TPSA) is 55.4 Å². The number of terminal acetylenes is 1. The first kappa shape index (κ1) is 13.5. The van der Waals surface area contributed by atoms with Gasteiger partial charge in [0.15, 0.2) is 6.61 Å². The number of amides is 1. The van der Waals surface area contributed by atoms with E-state index in [4.69, 9.17) is 6.42 Å². The highest BCUT2D eigenvalue weighted by atomic mass is 16.5. The van der Waals surface area contributed by atoms with Crippen LogP contribution in [0.2, 0.25) is 0 Å². The molecule has 0 atom stereocenters. The molecule has 0 spiro atoms. The summed E-state index contributed by atoms with van der Waals surface area (Å²) in [5.41, 5.74) is 0. The van der Waals surface area contributed by atoms with Crippen molar-refractivity contribution in [3.8, 4) is 12.3 Å².